The van der Waals surface area contributed by atoms with Crippen LogP contribution in [0.5, 0.6) is 0 Å². The summed E-state index contributed by atoms with van der Waals surface area (Å²) in [5.74, 6) is -1.13. The summed E-state index contributed by atoms with van der Waals surface area (Å²) in [6, 6.07) is 3.64. The van der Waals surface area contributed by atoms with E-state index in [1.54, 1.807) is 0 Å². The third kappa shape index (κ3) is 3.18. The van der Waals surface area contributed by atoms with Crippen molar-refractivity contribution in [2.75, 3.05) is 18.1 Å². The van der Waals surface area contributed by atoms with Crippen LogP contribution in [-0.2, 0) is 9.59 Å². The molecule has 2 fully saturated rings. The summed E-state index contributed by atoms with van der Waals surface area (Å²) >= 11 is 5.78. The van der Waals surface area contributed by atoms with E-state index in [0.717, 1.165) is 41.7 Å². The number of rotatable bonds is 4. The molecule has 0 bridgehead atoms. The van der Waals surface area contributed by atoms with Crippen LogP contribution in [0.25, 0.3) is 0 Å². The molecule has 24 heavy (non-hydrogen) atoms. The van der Waals surface area contributed by atoms with E-state index in [9.17, 15) is 19.1 Å². The van der Waals surface area contributed by atoms with Crippen molar-refractivity contribution in [3.63, 3.8) is 0 Å². The first-order valence-electron chi connectivity index (χ1n) is 8.31. The van der Waals surface area contributed by atoms with E-state index in [2.05, 4.69) is 0 Å². The largest absolute Gasteiger partial charge is 0.396 e. The van der Waals surface area contributed by atoms with E-state index in [1.807, 2.05) is 0 Å². The van der Waals surface area contributed by atoms with Gasteiger partial charge >= 0.3 is 0 Å². The molecule has 0 saturated carbocycles. The van der Waals surface area contributed by atoms with Gasteiger partial charge in [0, 0.05) is 13.0 Å². The molecule has 0 spiro atoms. The Bertz CT molecular complexity index is 653. The second kappa shape index (κ2) is 7.17. The average Bonchev–Trinajstić information content (AvgIpc) is 2.86. The Morgan fingerprint density at radius 3 is 2.83 bits per heavy atom. The lowest BCUT2D eigenvalue weighted by atomic mass is 9.97. The number of anilines is 1. The molecule has 0 aliphatic carbocycles. The zero-order chi connectivity index (χ0) is 17.3. The number of aliphatic hydroxyl groups is 1. The molecule has 1 aromatic carbocycles. The van der Waals surface area contributed by atoms with E-state index in [-0.39, 0.29) is 35.9 Å². The highest BCUT2D eigenvalue weighted by Crippen LogP contribution is 2.27. The third-order valence-electron chi connectivity index (χ3n) is 5.03. The molecule has 1 unspecified atom stereocenters. The summed E-state index contributed by atoms with van der Waals surface area (Å²) in [7, 11) is 0. The molecule has 2 saturated heterocycles. The lowest BCUT2D eigenvalue weighted by Crippen LogP contribution is -3.20. The summed E-state index contributed by atoms with van der Waals surface area (Å²) in [5.41, 5.74) is 0.314. The second-order valence-corrected chi connectivity index (χ2v) is 6.86. The van der Waals surface area contributed by atoms with Gasteiger partial charge in [0.05, 0.1) is 29.7 Å². The van der Waals surface area contributed by atoms with E-state index < -0.39 is 11.9 Å². The average molecular weight is 356 g/mol. The summed E-state index contributed by atoms with van der Waals surface area (Å²) in [5, 5.41) is 9.15. The first-order valence-corrected chi connectivity index (χ1v) is 8.69. The Kier molecular flexibility index (Phi) is 5.18. The number of nitrogens with zero attached hydrogens (tertiary/aromatic N) is 1. The third-order valence-corrected chi connectivity index (χ3v) is 5.32. The predicted octanol–water partition coefficient (Wildman–Crippen LogP) is 0.931. The van der Waals surface area contributed by atoms with Crippen molar-refractivity contribution in [2.24, 2.45) is 0 Å². The molecular formula is C17H21ClFN2O3+. The Labute approximate surface area is 145 Å². The monoisotopic (exact) mass is 355 g/mol. The van der Waals surface area contributed by atoms with E-state index in [4.69, 9.17) is 11.6 Å². The van der Waals surface area contributed by atoms with Crippen LogP contribution in [0.2, 0.25) is 5.02 Å². The van der Waals surface area contributed by atoms with Gasteiger partial charge in [-0.25, -0.2) is 9.29 Å². The Balaban J connectivity index is 1.84. The number of carbonyl (C=O) groups excluding carboxylic acids is 2. The number of carbonyl (C=O) groups is 2. The molecule has 2 aliphatic rings. The van der Waals surface area contributed by atoms with Crippen LogP contribution in [-0.4, -0.2) is 42.2 Å². The number of halogens is 2. The van der Waals surface area contributed by atoms with Crippen molar-refractivity contribution in [1.82, 2.24) is 0 Å². The highest BCUT2D eigenvalue weighted by molar-refractivity contribution is 6.31. The van der Waals surface area contributed by atoms with Gasteiger partial charge in [-0.15, -0.1) is 0 Å². The van der Waals surface area contributed by atoms with Crippen LogP contribution >= 0.6 is 11.6 Å². The van der Waals surface area contributed by atoms with E-state index in [0.29, 0.717) is 12.1 Å². The summed E-state index contributed by atoms with van der Waals surface area (Å²) in [6.45, 7) is 0.909. The SMILES string of the molecule is O=C1C[C@@H]([NH+]2CCCC[C@@H]2CCO)C(=O)N1c1ccc(F)c(Cl)c1. The minimum absolute atomic E-state index is 0.0836. The van der Waals surface area contributed by atoms with Crippen LogP contribution in [0.3, 0.4) is 0 Å². The number of hydrogen-bond donors (Lipinski definition) is 2. The minimum Gasteiger partial charge on any atom is -0.396 e. The topological polar surface area (TPSA) is 62.1 Å². The number of aliphatic hydroxyl groups excluding tert-OH is 1. The Morgan fingerprint density at radius 2 is 2.12 bits per heavy atom. The molecule has 1 aromatic rings. The molecular weight excluding hydrogens is 335 g/mol. The lowest BCUT2D eigenvalue weighted by Gasteiger charge is -2.35. The van der Waals surface area contributed by atoms with E-state index >= 15 is 0 Å². The van der Waals surface area contributed by atoms with Crippen molar-refractivity contribution < 1.29 is 24.0 Å². The van der Waals surface area contributed by atoms with Crippen LogP contribution < -0.4 is 9.80 Å². The molecule has 2 amide bonds. The lowest BCUT2D eigenvalue weighted by molar-refractivity contribution is -0.945. The summed E-state index contributed by atoms with van der Waals surface area (Å²) in [4.78, 5) is 27.5. The fourth-order valence-corrected chi connectivity index (χ4v) is 4.05. The second-order valence-electron chi connectivity index (χ2n) is 6.45. The van der Waals surface area contributed by atoms with Gasteiger partial charge in [0.25, 0.3) is 5.91 Å². The Morgan fingerprint density at radius 1 is 1.33 bits per heavy atom. The van der Waals surface area contributed by atoms with Crippen molar-refractivity contribution in [3.05, 3.63) is 29.0 Å². The molecule has 2 aliphatic heterocycles. The molecule has 5 nitrogen and oxygen atoms in total. The normalized spacial score (nSPS) is 27.8. The number of nitrogens with one attached hydrogen (secondary N) is 1. The Hall–Kier alpha value is -1.50. The fourth-order valence-electron chi connectivity index (χ4n) is 3.87. The maximum atomic E-state index is 13.3. The molecule has 2 N–H and O–H groups in total. The van der Waals surface area contributed by atoms with Crippen molar-refractivity contribution >= 4 is 29.1 Å². The molecule has 3 rings (SSSR count). The van der Waals surface area contributed by atoms with Crippen LogP contribution in [0, 0.1) is 5.82 Å². The molecule has 7 heteroatoms. The maximum Gasteiger partial charge on any atom is 0.292 e. The van der Waals surface area contributed by atoms with Crippen LogP contribution in [0.15, 0.2) is 18.2 Å². The first kappa shape index (κ1) is 17.3. The zero-order valence-corrected chi connectivity index (χ0v) is 14.1. The maximum absolute atomic E-state index is 13.3. The molecule has 0 aromatic heterocycles. The van der Waals surface area contributed by atoms with Gasteiger partial charge in [-0.3, -0.25) is 9.59 Å². The first-order chi connectivity index (χ1) is 11.5. The van der Waals surface area contributed by atoms with Gasteiger partial charge in [0.2, 0.25) is 5.91 Å². The molecule has 2 heterocycles. The number of imide groups is 1. The van der Waals surface area contributed by atoms with Crippen LogP contribution in [0.4, 0.5) is 10.1 Å². The molecule has 3 atom stereocenters. The number of likely N-dealkylation sites (tertiary alicyclic amines) is 1. The van der Waals surface area contributed by atoms with Gasteiger partial charge in [-0.1, -0.05) is 11.6 Å². The quantitative estimate of drug-likeness (QED) is 0.790. The molecule has 0 radical (unpaired) electrons. The number of hydrogen-bond acceptors (Lipinski definition) is 3. The van der Waals surface area contributed by atoms with Gasteiger partial charge in [-0.2, -0.15) is 0 Å². The highest BCUT2D eigenvalue weighted by Gasteiger charge is 2.48. The number of benzene rings is 1. The van der Waals surface area contributed by atoms with Gasteiger partial charge in [0.1, 0.15) is 5.82 Å². The van der Waals surface area contributed by atoms with Gasteiger partial charge in [0.15, 0.2) is 6.04 Å². The fraction of sp³-hybridized carbons (Fsp3) is 0.529. The van der Waals surface area contributed by atoms with Gasteiger partial charge in [-0.05, 0) is 37.5 Å². The smallest absolute Gasteiger partial charge is 0.292 e. The zero-order valence-electron chi connectivity index (χ0n) is 13.3. The van der Waals surface area contributed by atoms with Crippen LogP contribution in [0.1, 0.15) is 32.1 Å². The molecule has 130 valence electrons. The predicted molar refractivity (Wildman–Crippen MR) is 87.5 cm³/mol. The number of quaternary nitrogens is 1. The standard InChI is InChI=1S/C17H20ClFN2O3/c18-13-9-12(4-5-14(13)19)21-16(23)10-15(17(21)24)20-7-2-1-3-11(20)6-8-22/h4-5,9,11,15,22H,1-3,6-8,10H2/p+1/t11-,15-/m1/s1. The summed E-state index contributed by atoms with van der Waals surface area (Å²) in [6.07, 6.45) is 3.83. The van der Waals surface area contributed by atoms with Crippen molar-refractivity contribution in [1.29, 1.82) is 0 Å². The summed E-state index contributed by atoms with van der Waals surface area (Å²) < 4.78 is 13.3. The van der Waals surface area contributed by atoms with Gasteiger partial charge < -0.3 is 10.0 Å². The minimum atomic E-state index is -0.583. The highest BCUT2D eigenvalue weighted by atomic mass is 35.5. The van der Waals surface area contributed by atoms with Crippen molar-refractivity contribution in [3.8, 4) is 0 Å². The van der Waals surface area contributed by atoms with E-state index in [1.165, 1.54) is 12.1 Å². The number of amides is 2. The number of piperidine rings is 1. The van der Waals surface area contributed by atoms with Crippen molar-refractivity contribution in [2.45, 2.75) is 44.2 Å².